The SMILES string of the molecule is CCCCCc1ccc2c(OCC(=O)OC(C)C3CC4CCC3C4)c3ccccc3c(OCC(=O)OC(C)C3CC4CCC3C4)c2c1. The number of hydrogen-bond acceptors (Lipinski definition) is 6. The smallest absolute Gasteiger partial charge is 0.344 e. The Balaban J connectivity index is 1.11. The lowest BCUT2D eigenvalue weighted by Crippen LogP contribution is -2.30. The summed E-state index contributed by atoms with van der Waals surface area (Å²) in [6.07, 6.45) is 14.3. The van der Waals surface area contributed by atoms with Gasteiger partial charge in [0.2, 0.25) is 0 Å². The van der Waals surface area contributed by atoms with Crippen LogP contribution in [0.15, 0.2) is 42.5 Å². The maximum Gasteiger partial charge on any atom is 0.344 e. The second-order valence-corrected chi connectivity index (χ2v) is 15.2. The Hall–Kier alpha value is -3.28. The van der Waals surface area contributed by atoms with Crippen LogP contribution in [0.4, 0.5) is 0 Å². The average molecular weight is 641 g/mol. The molecule has 0 saturated heterocycles. The predicted octanol–water partition coefficient (Wildman–Crippen LogP) is 9.22. The van der Waals surface area contributed by atoms with Gasteiger partial charge in [0.15, 0.2) is 13.2 Å². The number of carbonyl (C=O) groups excluding carboxylic acids is 2. The molecule has 3 aromatic carbocycles. The molecule has 6 heteroatoms. The van der Waals surface area contributed by atoms with Crippen molar-refractivity contribution in [2.75, 3.05) is 13.2 Å². The minimum atomic E-state index is -0.332. The van der Waals surface area contributed by atoms with E-state index in [4.69, 9.17) is 18.9 Å². The number of rotatable bonds is 14. The van der Waals surface area contributed by atoms with Gasteiger partial charge < -0.3 is 18.9 Å². The van der Waals surface area contributed by atoms with Crippen LogP contribution in [0.3, 0.4) is 0 Å². The molecule has 0 heterocycles. The Kier molecular flexibility index (Phi) is 9.66. The first-order chi connectivity index (χ1) is 22.9. The third-order valence-electron chi connectivity index (χ3n) is 12.2. The van der Waals surface area contributed by atoms with Crippen molar-refractivity contribution in [3.8, 4) is 11.5 Å². The standard InChI is InChI=1S/C41H52O6/c1-4-5-6-9-27-14-17-34-37(20-27)41(45-24-39(43)47-26(3)36-22-29-13-16-31(36)19-29)33-11-8-7-10-32(33)40(34)44-23-38(42)46-25(2)35-21-28-12-15-30(35)18-28/h7-8,10-11,14,17,20,25-26,28-31,35-36H,4-6,9,12-13,15-16,18-19,21-24H2,1-3H3. The molecule has 8 unspecified atom stereocenters. The van der Waals surface area contributed by atoms with Crippen molar-refractivity contribution in [2.24, 2.45) is 35.5 Å². The van der Waals surface area contributed by atoms with Gasteiger partial charge in [0, 0.05) is 21.5 Å². The summed E-state index contributed by atoms with van der Waals surface area (Å²) < 4.78 is 24.6. The Morgan fingerprint density at radius 3 is 1.70 bits per heavy atom. The van der Waals surface area contributed by atoms with Gasteiger partial charge in [-0.2, -0.15) is 0 Å². The number of unbranched alkanes of at least 4 members (excludes halogenated alkanes) is 2. The molecule has 0 aliphatic heterocycles. The molecule has 8 atom stereocenters. The van der Waals surface area contributed by atoms with E-state index in [9.17, 15) is 9.59 Å². The van der Waals surface area contributed by atoms with Crippen molar-refractivity contribution in [1.29, 1.82) is 0 Å². The first-order valence-electron chi connectivity index (χ1n) is 18.5. The third-order valence-corrected chi connectivity index (χ3v) is 12.2. The van der Waals surface area contributed by atoms with Crippen LogP contribution in [0.5, 0.6) is 11.5 Å². The molecule has 0 N–H and O–H groups in total. The van der Waals surface area contributed by atoms with Gasteiger partial charge in [-0.1, -0.05) is 69.0 Å². The number of fused-ring (bicyclic) bond motifs is 6. The Bertz CT molecular complexity index is 1600. The zero-order valence-corrected chi connectivity index (χ0v) is 28.5. The minimum absolute atomic E-state index is 0.0948. The first-order valence-corrected chi connectivity index (χ1v) is 18.5. The quantitative estimate of drug-likeness (QED) is 0.0994. The lowest BCUT2D eigenvalue weighted by molar-refractivity contribution is -0.155. The Labute approximate surface area is 279 Å². The summed E-state index contributed by atoms with van der Waals surface area (Å²) in [6.45, 7) is 5.99. The normalized spacial score (nSPS) is 27.3. The van der Waals surface area contributed by atoms with E-state index in [-0.39, 0.29) is 37.4 Å². The van der Waals surface area contributed by atoms with Crippen LogP contribution in [0, 0.1) is 35.5 Å². The van der Waals surface area contributed by atoms with E-state index in [1.54, 1.807) is 0 Å². The van der Waals surface area contributed by atoms with Crippen LogP contribution >= 0.6 is 0 Å². The second-order valence-electron chi connectivity index (χ2n) is 15.2. The van der Waals surface area contributed by atoms with Crippen LogP contribution in [-0.4, -0.2) is 37.4 Å². The zero-order valence-electron chi connectivity index (χ0n) is 28.5. The van der Waals surface area contributed by atoms with Gasteiger partial charge in [0.05, 0.1) is 0 Å². The Morgan fingerprint density at radius 2 is 1.21 bits per heavy atom. The van der Waals surface area contributed by atoms with Gasteiger partial charge in [-0.3, -0.25) is 0 Å². The lowest BCUT2D eigenvalue weighted by atomic mass is 9.85. The van der Waals surface area contributed by atoms with Crippen molar-refractivity contribution in [1.82, 2.24) is 0 Å². The Morgan fingerprint density at radius 1 is 0.681 bits per heavy atom. The maximum atomic E-state index is 13.1. The molecule has 0 amide bonds. The van der Waals surface area contributed by atoms with Gasteiger partial charge in [0.1, 0.15) is 23.7 Å². The fraction of sp³-hybridized carbons (Fsp3) is 0.610. The van der Waals surface area contributed by atoms with Crippen LogP contribution in [0.25, 0.3) is 21.5 Å². The molecular formula is C41H52O6. The summed E-state index contributed by atoms with van der Waals surface area (Å²) in [7, 11) is 0. The molecular weight excluding hydrogens is 588 g/mol. The van der Waals surface area contributed by atoms with Crippen LogP contribution in [0.1, 0.15) is 97.0 Å². The molecule has 0 radical (unpaired) electrons. The van der Waals surface area contributed by atoms with E-state index < -0.39 is 0 Å². The largest absolute Gasteiger partial charge is 0.481 e. The van der Waals surface area contributed by atoms with Gasteiger partial charge in [-0.15, -0.1) is 0 Å². The zero-order chi connectivity index (χ0) is 32.5. The number of hydrogen-bond donors (Lipinski definition) is 0. The summed E-state index contributed by atoms with van der Waals surface area (Å²) in [6, 6.07) is 14.3. The summed E-state index contributed by atoms with van der Waals surface area (Å²) in [5.74, 6) is 4.54. The lowest BCUT2D eigenvalue weighted by Gasteiger charge is -2.27. The number of benzene rings is 3. The molecule has 6 nitrogen and oxygen atoms in total. The van der Waals surface area contributed by atoms with Crippen molar-refractivity contribution in [3.05, 3.63) is 48.0 Å². The van der Waals surface area contributed by atoms with Gasteiger partial charge in [0.25, 0.3) is 0 Å². The van der Waals surface area contributed by atoms with E-state index in [0.717, 1.165) is 52.6 Å². The molecule has 4 fully saturated rings. The highest BCUT2D eigenvalue weighted by Crippen LogP contribution is 2.51. The number of carbonyl (C=O) groups is 2. The molecule has 0 aromatic heterocycles. The topological polar surface area (TPSA) is 71.1 Å². The van der Waals surface area contributed by atoms with E-state index in [1.807, 2.05) is 38.1 Å². The summed E-state index contributed by atoms with van der Waals surface area (Å²) in [5.41, 5.74) is 1.21. The first kappa shape index (κ1) is 32.3. The molecule has 252 valence electrons. The van der Waals surface area contributed by atoms with E-state index in [0.29, 0.717) is 35.2 Å². The maximum absolute atomic E-state index is 13.1. The second kappa shape index (κ2) is 14.1. The summed E-state index contributed by atoms with van der Waals surface area (Å²) in [4.78, 5) is 26.3. The molecule has 4 aliphatic carbocycles. The highest BCUT2D eigenvalue weighted by molar-refractivity contribution is 6.11. The van der Waals surface area contributed by atoms with E-state index in [2.05, 4.69) is 25.1 Å². The molecule has 7 rings (SSSR count). The fourth-order valence-corrected chi connectivity index (χ4v) is 9.85. The predicted molar refractivity (Wildman–Crippen MR) is 185 cm³/mol. The highest BCUT2D eigenvalue weighted by Gasteiger charge is 2.44. The van der Waals surface area contributed by atoms with Crippen LogP contribution in [0.2, 0.25) is 0 Å². The average Bonchev–Trinajstić information content (AvgIpc) is 3.90. The molecule has 3 aromatic rings. The molecule has 4 aliphatic rings. The van der Waals surface area contributed by atoms with Crippen molar-refractivity contribution in [3.63, 3.8) is 0 Å². The van der Waals surface area contributed by atoms with Gasteiger partial charge >= 0.3 is 11.9 Å². The number of esters is 2. The molecule has 47 heavy (non-hydrogen) atoms. The van der Waals surface area contributed by atoms with E-state index >= 15 is 0 Å². The number of aryl methyl sites for hydroxylation is 1. The van der Waals surface area contributed by atoms with Crippen molar-refractivity contribution in [2.45, 2.75) is 110 Å². The van der Waals surface area contributed by atoms with Crippen LogP contribution in [-0.2, 0) is 25.5 Å². The number of ether oxygens (including phenoxy) is 4. The molecule has 4 bridgehead atoms. The third kappa shape index (κ3) is 6.85. The van der Waals surface area contributed by atoms with Gasteiger partial charge in [-0.25, -0.2) is 9.59 Å². The molecule has 4 saturated carbocycles. The van der Waals surface area contributed by atoms with Crippen molar-refractivity contribution >= 4 is 33.5 Å². The highest BCUT2D eigenvalue weighted by atomic mass is 16.6. The monoisotopic (exact) mass is 640 g/mol. The van der Waals surface area contributed by atoms with Crippen LogP contribution < -0.4 is 9.47 Å². The summed E-state index contributed by atoms with van der Waals surface area (Å²) in [5, 5.41) is 3.42. The van der Waals surface area contributed by atoms with E-state index in [1.165, 1.54) is 63.4 Å². The van der Waals surface area contributed by atoms with Gasteiger partial charge in [-0.05, 0) is 112 Å². The summed E-state index contributed by atoms with van der Waals surface area (Å²) >= 11 is 0. The van der Waals surface area contributed by atoms with Crippen molar-refractivity contribution < 1.29 is 28.5 Å². The minimum Gasteiger partial charge on any atom is -0.481 e. The molecule has 0 spiro atoms. The fourth-order valence-electron chi connectivity index (χ4n) is 9.85.